The average Bonchev–Trinajstić information content (AvgIpc) is 2.38. The first-order valence-corrected chi connectivity index (χ1v) is 7.11. The molecule has 0 aromatic carbocycles. The van der Waals surface area contributed by atoms with Gasteiger partial charge >= 0.3 is 0 Å². The molecule has 5 nitrogen and oxygen atoms in total. The molecule has 0 aliphatic heterocycles. The Hall–Kier alpha value is -1.62. The lowest BCUT2D eigenvalue weighted by Crippen LogP contribution is -2.53. The van der Waals surface area contributed by atoms with Crippen LogP contribution in [0.5, 0.6) is 0 Å². The highest BCUT2D eigenvalue weighted by Crippen LogP contribution is 2.28. The van der Waals surface area contributed by atoms with Crippen LogP contribution in [0.3, 0.4) is 0 Å². The van der Waals surface area contributed by atoms with Gasteiger partial charge in [0.25, 0.3) is 11.5 Å². The lowest BCUT2D eigenvalue weighted by atomic mass is 9.82. The molecule has 0 atom stereocenters. The van der Waals surface area contributed by atoms with Crippen LogP contribution in [0.1, 0.15) is 53.7 Å². The minimum absolute atomic E-state index is 0.0818. The van der Waals surface area contributed by atoms with Gasteiger partial charge in [-0.05, 0) is 38.3 Å². The van der Waals surface area contributed by atoms with E-state index in [2.05, 4.69) is 10.3 Å². The van der Waals surface area contributed by atoms with E-state index in [4.69, 9.17) is 0 Å². The second-order valence-corrected chi connectivity index (χ2v) is 5.79. The van der Waals surface area contributed by atoms with Gasteiger partial charge in [-0.3, -0.25) is 9.59 Å². The molecule has 1 aliphatic carbocycles. The zero-order chi connectivity index (χ0) is 14.8. The number of aromatic nitrogens is 1. The van der Waals surface area contributed by atoms with Gasteiger partial charge in [-0.25, -0.2) is 0 Å². The largest absolute Gasteiger partial charge is 0.394 e. The van der Waals surface area contributed by atoms with E-state index in [-0.39, 0.29) is 23.6 Å². The SMILES string of the molecule is Cc1cc(C)c(C(=O)NC2(CO)CCCCC2)c(=O)[nH]1. The van der Waals surface area contributed by atoms with E-state index in [0.717, 1.165) is 37.8 Å². The third-order valence-electron chi connectivity index (χ3n) is 4.08. The molecule has 2 rings (SSSR count). The Bertz CT molecular complexity index is 557. The fourth-order valence-corrected chi connectivity index (χ4v) is 2.99. The highest BCUT2D eigenvalue weighted by molar-refractivity contribution is 5.95. The van der Waals surface area contributed by atoms with Gasteiger partial charge < -0.3 is 15.4 Å². The summed E-state index contributed by atoms with van der Waals surface area (Å²) in [7, 11) is 0. The summed E-state index contributed by atoms with van der Waals surface area (Å²) in [5.74, 6) is -0.389. The maximum absolute atomic E-state index is 12.4. The minimum Gasteiger partial charge on any atom is -0.394 e. The van der Waals surface area contributed by atoms with Crippen molar-refractivity contribution in [2.75, 3.05) is 6.61 Å². The molecule has 1 aliphatic rings. The first-order valence-electron chi connectivity index (χ1n) is 7.11. The van der Waals surface area contributed by atoms with E-state index in [9.17, 15) is 14.7 Å². The fraction of sp³-hybridized carbons (Fsp3) is 0.600. The van der Waals surface area contributed by atoms with Crippen LogP contribution in [0.2, 0.25) is 0 Å². The minimum atomic E-state index is -0.570. The number of hydrogen-bond acceptors (Lipinski definition) is 3. The summed E-state index contributed by atoms with van der Waals surface area (Å²) in [5.41, 5.74) is 0.600. The van der Waals surface area contributed by atoms with Crippen LogP contribution in [0.15, 0.2) is 10.9 Å². The van der Waals surface area contributed by atoms with E-state index in [1.807, 2.05) is 0 Å². The summed E-state index contributed by atoms with van der Waals surface area (Å²) < 4.78 is 0. The number of aryl methyl sites for hydroxylation is 2. The highest BCUT2D eigenvalue weighted by Gasteiger charge is 2.34. The van der Waals surface area contributed by atoms with Crippen LogP contribution in [-0.2, 0) is 0 Å². The third-order valence-corrected chi connectivity index (χ3v) is 4.08. The number of rotatable bonds is 3. The Morgan fingerprint density at radius 3 is 2.55 bits per heavy atom. The number of hydrogen-bond donors (Lipinski definition) is 3. The van der Waals surface area contributed by atoms with Gasteiger partial charge in [-0.2, -0.15) is 0 Å². The van der Waals surface area contributed by atoms with E-state index < -0.39 is 5.54 Å². The standard InChI is InChI=1S/C15H22N2O3/c1-10-8-11(2)16-13(19)12(10)14(20)17-15(9-18)6-4-3-5-7-15/h8,18H,3-7,9H2,1-2H3,(H,16,19)(H,17,20). The van der Waals surface area contributed by atoms with Crippen molar-refractivity contribution in [2.24, 2.45) is 0 Å². The molecule has 1 heterocycles. The molecule has 1 amide bonds. The van der Waals surface area contributed by atoms with E-state index in [1.165, 1.54) is 0 Å². The molecule has 1 aromatic heterocycles. The lowest BCUT2D eigenvalue weighted by molar-refractivity contribution is 0.0756. The molecular formula is C15H22N2O3. The van der Waals surface area contributed by atoms with E-state index in [0.29, 0.717) is 5.56 Å². The predicted molar refractivity (Wildman–Crippen MR) is 76.9 cm³/mol. The zero-order valence-corrected chi connectivity index (χ0v) is 12.1. The molecule has 0 radical (unpaired) electrons. The molecule has 1 aromatic rings. The Labute approximate surface area is 118 Å². The number of aliphatic hydroxyl groups is 1. The quantitative estimate of drug-likeness (QED) is 0.782. The number of aromatic amines is 1. The summed E-state index contributed by atoms with van der Waals surface area (Å²) in [6.45, 7) is 3.46. The van der Waals surface area contributed by atoms with Crippen molar-refractivity contribution in [2.45, 2.75) is 51.5 Å². The van der Waals surface area contributed by atoms with Gasteiger partial charge in [0.1, 0.15) is 5.56 Å². The number of nitrogens with one attached hydrogen (secondary N) is 2. The fourth-order valence-electron chi connectivity index (χ4n) is 2.99. The molecule has 0 unspecified atom stereocenters. The summed E-state index contributed by atoms with van der Waals surface area (Å²) in [6, 6.07) is 1.78. The molecule has 1 saturated carbocycles. The Morgan fingerprint density at radius 1 is 1.35 bits per heavy atom. The summed E-state index contributed by atoms with van der Waals surface area (Å²) in [6.07, 6.45) is 4.63. The average molecular weight is 278 g/mol. The molecule has 20 heavy (non-hydrogen) atoms. The predicted octanol–water partition coefficient (Wildman–Crippen LogP) is 1.42. The van der Waals surface area contributed by atoms with Crippen LogP contribution < -0.4 is 10.9 Å². The molecule has 5 heteroatoms. The van der Waals surface area contributed by atoms with Gasteiger partial charge in [0.05, 0.1) is 12.1 Å². The molecule has 1 fully saturated rings. The van der Waals surface area contributed by atoms with Crippen molar-refractivity contribution in [1.82, 2.24) is 10.3 Å². The molecule has 0 bridgehead atoms. The monoisotopic (exact) mass is 278 g/mol. The Morgan fingerprint density at radius 2 is 2.00 bits per heavy atom. The van der Waals surface area contributed by atoms with Gasteiger partial charge in [-0.15, -0.1) is 0 Å². The molecule has 0 saturated heterocycles. The molecule has 0 spiro atoms. The first-order chi connectivity index (χ1) is 9.47. The van der Waals surface area contributed by atoms with Crippen LogP contribution >= 0.6 is 0 Å². The maximum atomic E-state index is 12.4. The number of carbonyl (C=O) groups is 1. The Kier molecular flexibility index (Phi) is 4.28. The smallest absolute Gasteiger partial charge is 0.261 e. The van der Waals surface area contributed by atoms with Gasteiger partial charge in [-0.1, -0.05) is 19.3 Å². The summed E-state index contributed by atoms with van der Waals surface area (Å²) in [4.78, 5) is 27.0. The van der Waals surface area contributed by atoms with Crippen molar-refractivity contribution in [3.63, 3.8) is 0 Å². The summed E-state index contributed by atoms with van der Waals surface area (Å²) >= 11 is 0. The number of pyridine rings is 1. The van der Waals surface area contributed by atoms with Gasteiger partial charge in [0.15, 0.2) is 0 Å². The van der Waals surface area contributed by atoms with Gasteiger partial charge in [0.2, 0.25) is 0 Å². The molecule has 3 N–H and O–H groups in total. The van der Waals surface area contributed by atoms with Crippen molar-refractivity contribution in [3.8, 4) is 0 Å². The van der Waals surface area contributed by atoms with Crippen LogP contribution in [0, 0.1) is 13.8 Å². The van der Waals surface area contributed by atoms with Crippen molar-refractivity contribution in [3.05, 3.63) is 33.2 Å². The highest BCUT2D eigenvalue weighted by atomic mass is 16.3. The lowest BCUT2D eigenvalue weighted by Gasteiger charge is -2.36. The molecule has 110 valence electrons. The van der Waals surface area contributed by atoms with E-state index >= 15 is 0 Å². The van der Waals surface area contributed by atoms with Crippen LogP contribution in [0.4, 0.5) is 0 Å². The van der Waals surface area contributed by atoms with Crippen molar-refractivity contribution in [1.29, 1.82) is 0 Å². The Balaban J connectivity index is 2.26. The number of aliphatic hydroxyl groups excluding tert-OH is 1. The number of H-pyrrole nitrogens is 1. The maximum Gasteiger partial charge on any atom is 0.261 e. The number of amides is 1. The third kappa shape index (κ3) is 2.93. The topological polar surface area (TPSA) is 82.2 Å². The second kappa shape index (κ2) is 5.79. The van der Waals surface area contributed by atoms with Crippen molar-refractivity contribution >= 4 is 5.91 Å². The number of carbonyl (C=O) groups excluding carboxylic acids is 1. The van der Waals surface area contributed by atoms with Gasteiger partial charge in [0, 0.05) is 5.69 Å². The molecular weight excluding hydrogens is 256 g/mol. The zero-order valence-electron chi connectivity index (χ0n) is 12.1. The summed E-state index contributed by atoms with van der Waals surface area (Å²) in [5, 5.41) is 12.5. The van der Waals surface area contributed by atoms with E-state index in [1.54, 1.807) is 19.9 Å². The normalized spacial score (nSPS) is 17.8. The van der Waals surface area contributed by atoms with Crippen molar-refractivity contribution < 1.29 is 9.90 Å². The first kappa shape index (κ1) is 14.8. The van der Waals surface area contributed by atoms with Crippen LogP contribution in [0.25, 0.3) is 0 Å². The second-order valence-electron chi connectivity index (χ2n) is 5.79. The van der Waals surface area contributed by atoms with Crippen LogP contribution in [-0.4, -0.2) is 28.1 Å².